The number of hydrogen-bond donors (Lipinski definition) is 1. The summed E-state index contributed by atoms with van der Waals surface area (Å²) in [4.78, 5) is 3.89. The predicted molar refractivity (Wildman–Crippen MR) is 49.6 cm³/mol. The molecule has 2 heterocycles. The third kappa shape index (κ3) is 1.88. The molecule has 0 bridgehead atoms. The molecule has 0 atom stereocenters. The number of aromatic nitrogens is 2. The summed E-state index contributed by atoms with van der Waals surface area (Å²) in [5.74, 6) is 5.51. The molecular weight excluding hydrogens is 207 g/mol. The molecular formula is C9H8F3N3. The Morgan fingerprint density at radius 2 is 2.13 bits per heavy atom. The summed E-state index contributed by atoms with van der Waals surface area (Å²) in [6.45, 7) is 0. The molecule has 2 aromatic heterocycles. The van der Waals surface area contributed by atoms with E-state index in [1.165, 1.54) is 12.4 Å². The number of pyridine rings is 1. The van der Waals surface area contributed by atoms with Crippen LogP contribution in [0.4, 0.5) is 13.2 Å². The maximum atomic E-state index is 12.2. The molecule has 0 saturated carbocycles. The Kier molecular flexibility index (Phi) is 2.06. The number of alkyl halides is 3. The van der Waals surface area contributed by atoms with E-state index in [9.17, 15) is 13.2 Å². The number of nitrogens with two attached hydrogens (primary N) is 1. The summed E-state index contributed by atoms with van der Waals surface area (Å²) in [5.41, 5.74) is 0.898. The Hall–Kier alpha value is -1.72. The molecule has 0 amide bonds. The first-order valence-electron chi connectivity index (χ1n) is 4.24. The van der Waals surface area contributed by atoms with Crippen LogP contribution in [0.2, 0.25) is 0 Å². The van der Waals surface area contributed by atoms with Crippen molar-refractivity contribution < 1.29 is 13.2 Å². The second-order valence-corrected chi connectivity index (χ2v) is 3.22. The van der Waals surface area contributed by atoms with Crippen LogP contribution in [-0.2, 0) is 6.42 Å². The molecule has 2 rings (SSSR count). The van der Waals surface area contributed by atoms with Crippen molar-refractivity contribution in [1.29, 1.82) is 0 Å². The van der Waals surface area contributed by atoms with Gasteiger partial charge >= 0.3 is 6.18 Å². The van der Waals surface area contributed by atoms with E-state index < -0.39 is 12.6 Å². The lowest BCUT2D eigenvalue weighted by Gasteiger charge is -2.03. The fourth-order valence-electron chi connectivity index (χ4n) is 1.50. The first kappa shape index (κ1) is 9.82. The summed E-state index contributed by atoms with van der Waals surface area (Å²) in [5, 5.41) is 0. The minimum absolute atomic E-state index is 0.0978. The fourth-order valence-corrected chi connectivity index (χ4v) is 1.50. The number of nitrogen functional groups attached to an aromatic ring is 1. The zero-order valence-corrected chi connectivity index (χ0v) is 7.62. The van der Waals surface area contributed by atoms with Crippen molar-refractivity contribution in [3.05, 3.63) is 30.1 Å². The Balaban J connectivity index is 2.53. The minimum atomic E-state index is -4.24. The van der Waals surface area contributed by atoms with Crippen LogP contribution in [0.15, 0.2) is 24.5 Å². The Bertz CT molecular complexity index is 487. The molecule has 0 aromatic carbocycles. The van der Waals surface area contributed by atoms with Gasteiger partial charge in [0.25, 0.3) is 0 Å². The normalized spacial score (nSPS) is 12.2. The van der Waals surface area contributed by atoms with Crippen molar-refractivity contribution in [2.45, 2.75) is 12.6 Å². The molecule has 2 N–H and O–H groups in total. The molecule has 0 fully saturated rings. The summed E-state index contributed by atoms with van der Waals surface area (Å²) in [6.07, 6.45) is -2.55. The van der Waals surface area contributed by atoms with Gasteiger partial charge in [0.15, 0.2) is 0 Å². The third-order valence-corrected chi connectivity index (χ3v) is 2.05. The summed E-state index contributed by atoms with van der Waals surface area (Å²) < 4.78 is 37.8. The van der Waals surface area contributed by atoms with E-state index in [0.717, 1.165) is 4.68 Å². The molecule has 0 aliphatic carbocycles. The quantitative estimate of drug-likeness (QED) is 0.738. The van der Waals surface area contributed by atoms with Crippen LogP contribution in [0.25, 0.3) is 11.0 Å². The van der Waals surface area contributed by atoms with Crippen LogP contribution in [0.1, 0.15) is 5.56 Å². The van der Waals surface area contributed by atoms with E-state index in [1.807, 2.05) is 0 Å². The lowest BCUT2D eigenvalue weighted by Crippen LogP contribution is -2.11. The molecule has 6 heteroatoms. The van der Waals surface area contributed by atoms with E-state index in [2.05, 4.69) is 4.98 Å². The van der Waals surface area contributed by atoms with Crippen LogP contribution in [0.3, 0.4) is 0 Å². The Labute approximate surface area is 83.3 Å². The molecule has 0 aliphatic rings. The van der Waals surface area contributed by atoms with Crippen LogP contribution in [0.5, 0.6) is 0 Å². The molecule has 2 aromatic rings. The number of rotatable bonds is 1. The van der Waals surface area contributed by atoms with Crippen molar-refractivity contribution in [2.75, 3.05) is 5.84 Å². The standard InChI is InChI=1S/C9H8F3N3/c10-9(11,12)4-6-5-15(13)7-2-1-3-14-8(6)7/h1-3,5H,4,13H2. The first-order chi connectivity index (χ1) is 6.97. The monoisotopic (exact) mass is 215 g/mol. The highest BCUT2D eigenvalue weighted by Gasteiger charge is 2.29. The predicted octanol–water partition coefficient (Wildman–Crippen LogP) is 1.85. The van der Waals surface area contributed by atoms with E-state index in [0.29, 0.717) is 11.0 Å². The number of fused-ring (bicyclic) bond motifs is 1. The molecule has 0 unspecified atom stereocenters. The smallest absolute Gasteiger partial charge is 0.339 e. The highest BCUT2D eigenvalue weighted by Crippen LogP contribution is 2.25. The SMILES string of the molecule is Nn1cc(CC(F)(F)F)c2ncccc21. The molecule has 0 aliphatic heterocycles. The van der Waals surface area contributed by atoms with Gasteiger partial charge in [-0.3, -0.25) is 9.66 Å². The van der Waals surface area contributed by atoms with Crippen molar-refractivity contribution in [3.63, 3.8) is 0 Å². The Morgan fingerprint density at radius 3 is 2.80 bits per heavy atom. The molecule has 15 heavy (non-hydrogen) atoms. The van der Waals surface area contributed by atoms with Crippen molar-refractivity contribution >= 4 is 11.0 Å². The van der Waals surface area contributed by atoms with Gasteiger partial charge in [-0.15, -0.1) is 0 Å². The number of halogens is 3. The third-order valence-electron chi connectivity index (χ3n) is 2.05. The molecule has 80 valence electrons. The van der Waals surface area contributed by atoms with Gasteiger partial charge in [0, 0.05) is 18.0 Å². The maximum Gasteiger partial charge on any atom is 0.393 e. The second-order valence-electron chi connectivity index (χ2n) is 3.22. The van der Waals surface area contributed by atoms with Crippen molar-refractivity contribution in [3.8, 4) is 0 Å². The molecule has 0 radical (unpaired) electrons. The van der Waals surface area contributed by atoms with E-state index in [1.54, 1.807) is 12.1 Å². The largest absolute Gasteiger partial charge is 0.393 e. The lowest BCUT2D eigenvalue weighted by atomic mass is 10.2. The second kappa shape index (κ2) is 3.15. The van der Waals surface area contributed by atoms with Gasteiger partial charge in [0.2, 0.25) is 0 Å². The van der Waals surface area contributed by atoms with Gasteiger partial charge in [0.1, 0.15) is 0 Å². The van der Waals surface area contributed by atoms with Crippen molar-refractivity contribution in [2.24, 2.45) is 0 Å². The lowest BCUT2D eigenvalue weighted by molar-refractivity contribution is -0.127. The summed E-state index contributed by atoms with van der Waals surface area (Å²) in [7, 11) is 0. The van der Waals surface area contributed by atoms with Gasteiger partial charge in [-0.2, -0.15) is 13.2 Å². The average molecular weight is 215 g/mol. The molecule has 3 nitrogen and oxygen atoms in total. The van der Waals surface area contributed by atoms with Gasteiger partial charge in [-0.25, -0.2) is 0 Å². The van der Waals surface area contributed by atoms with E-state index >= 15 is 0 Å². The number of hydrogen-bond acceptors (Lipinski definition) is 2. The van der Waals surface area contributed by atoms with Crippen LogP contribution in [0, 0.1) is 0 Å². The zero-order valence-electron chi connectivity index (χ0n) is 7.62. The molecule has 0 spiro atoms. The van der Waals surface area contributed by atoms with Crippen molar-refractivity contribution in [1.82, 2.24) is 9.66 Å². The highest BCUT2D eigenvalue weighted by atomic mass is 19.4. The summed E-state index contributed by atoms with van der Waals surface area (Å²) >= 11 is 0. The molecule has 0 saturated heterocycles. The summed E-state index contributed by atoms with van der Waals surface area (Å²) in [6, 6.07) is 3.26. The first-order valence-corrected chi connectivity index (χ1v) is 4.24. The average Bonchev–Trinajstić information content (AvgIpc) is 2.42. The van der Waals surface area contributed by atoms with Gasteiger partial charge in [-0.1, -0.05) is 0 Å². The Morgan fingerprint density at radius 1 is 1.40 bits per heavy atom. The number of nitrogens with zero attached hydrogens (tertiary/aromatic N) is 2. The topological polar surface area (TPSA) is 43.8 Å². The maximum absolute atomic E-state index is 12.2. The van der Waals surface area contributed by atoms with Crippen LogP contribution in [-0.4, -0.2) is 15.8 Å². The fraction of sp³-hybridized carbons (Fsp3) is 0.222. The minimum Gasteiger partial charge on any atom is -0.339 e. The highest BCUT2D eigenvalue weighted by molar-refractivity contribution is 5.79. The zero-order chi connectivity index (χ0) is 11.1. The van der Waals surface area contributed by atoms with Gasteiger partial charge in [0.05, 0.1) is 17.5 Å². The van der Waals surface area contributed by atoms with Crippen LogP contribution < -0.4 is 5.84 Å². The van der Waals surface area contributed by atoms with E-state index in [4.69, 9.17) is 5.84 Å². The van der Waals surface area contributed by atoms with Gasteiger partial charge < -0.3 is 5.84 Å². The van der Waals surface area contributed by atoms with E-state index in [-0.39, 0.29) is 5.56 Å². The van der Waals surface area contributed by atoms with Gasteiger partial charge in [-0.05, 0) is 12.1 Å². The van der Waals surface area contributed by atoms with Crippen LogP contribution >= 0.6 is 0 Å².